The van der Waals surface area contributed by atoms with Crippen LogP contribution in [-0.2, 0) is 14.8 Å². The molecule has 0 saturated heterocycles. The van der Waals surface area contributed by atoms with Crippen LogP contribution in [0.5, 0.6) is 0 Å². The standard InChI is InChI=1S/C16H16ClNO4S/c1-3-22-16(19)12-6-9-14(17)15(10-12)18-23(20,21)13-7-4-11(2)5-8-13/h4-10,18H,3H2,1-2H3. The van der Waals surface area contributed by atoms with E-state index in [0.717, 1.165) is 5.56 Å². The molecule has 0 heterocycles. The van der Waals surface area contributed by atoms with Crippen molar-refractivity contribution in [2.45, 2.75) is 18.7 Å². The lowest BCUT2D eigenvalue weighted by Gasteiger charge is -2.11. The Hall–Kier alpha value is -2.05. The molecule has 0 aliphatic carbocycles. The molecule has 0 aromatic heterocycles. The molecule has 0 amide bonds. The summed E-state index contributed by atoms with van der Waals surface area (Å²) in [6, 6.07) is 10.7. The molecule has 2 aromatic carbocycles. The monoisotopic (exact) mass is 353 g/mol. The number of carbonyl (C=O) groups is 1. The summed E-state index contributed by atoms with van der Waals surface area (Å²) in [5.74, 6) is -0.542. The summed E-state index contributed by atoms with van der Waals surface area (Å²) in [7, 11) is -3.79. The predicted molar refractivity (Wildman–Crippen MR) is 89.4 cm³/mol. The zero-order chi connectivity index (χ0) is 17.0. The molecule has 0 aliphatic heterocycles. The van der Waals surface area contributed by atoms with Crippen LogP contribution < -0.4 is 4.72 Å². The highest BCUT2D eigenvalue weighted by Crippen LogP contribution is 2.26. The summed E-state index contributed by atoms with van der Waals surface area (Å²) >= 11 is 6.02. The van der Waals surface area contributed by atoms with Gasteiger partial charge < -0.3 is 4.74 Å². The van der Waals surface area contributed by atoms with E-state index in [2.05, 4.69) is 4.72 Å². The molecule has 0 spiro atoms. The van der Waals surface area contributed by atoms with Gasteiger partial charge in [0.25, 0.3) is 10.0 Å². The van der Waals surface area contributed by atoms with Crippen LogP contribution in [0.1, 0.15) is 22.8 Å². The van der Waals surface area contributed by atoms with E-state index in [1.807, 2.05) is 6.92 Å². The molecule has 0 unspecified atom stereocenters. The van der Waals surface area contributed by atoms with Gasteiger partial charge in [-0.15, -0.1) is 0 Å². The number of hydrogen-bond donors (Lipinski definition) is 1. The van der Waals surface area contributed by atoms with Crippen LogP contribution in [0, 0.1) is 6.92 Å². The number of rotatable bonds is 5. The summed E-state index contributed by atoms with van der Waals surface area (Å²) in [6.07, 6.45) is 0. The largest absolute Gasteiger partial charge is 0.462 e. The molecule has 7 heteroatoms. The van der Waals surface area contributed by atoms with Gasteiger partial charge in [0.15, 0.2) is 0 Å². The number of ether oxygens (including phenoxy) is 1. The first-order valence-electron chi connectivity index (χ1n) is 6.89. The van der Waals surface area contributed by atoms with E-state index in [4.69, 9.17) is 16.3 Å². The lowest BCUT2D eigenvalue weighted by Crippen LogP contribution is -2.14. The maximum absolute atomic E-state index is 12.4. The third-order valence-corrected chi connectivity index (χ3v) is 4.76. The molecule has 122 valence electrons. The zero-order valence-electron chi connectivity index (χ0n) is 12.7. The van der Waals surface area contributed by atoms with Crippen LogP contribution >= 0.6 is 11.6 Å². The number of sulfonamides is 1. The van der Waals surface area contributed by atoms with E-state index in [9.17, 15) is 13.2 Å². The van der Waals surface area contributed by atoms with Gasteiger partial charge in [-0.25, -0.2) is 13.2 Å². The minimum atomic E-state index is -3.79. The van der Waals surface area contributed by atoms with E-state index < -0.39 is 16.0 Å². The van der Waals surface area contributed by atoms with Crippen molar-refractivity contribution < 1.29 is 17.9 Å². The maximum atomic E-state index is 12.4. The molecule has 0 bridgehead atoms. The van der Waals surface area contributed by atoms with E-state index in [1.165, 1.54) is 30.3 Å². The van der Waals surface area contributed by atoms with Crippen LogP contribution in [-0.4, -0.2) is 21.0 Å². The van der Waals surface area contributed by atoms with Gasteiger partial charge in [0.1, 0.15) is 0 Å². The van der Waals surface area contributed by atoms with Crippen molar-refractivity contribution in [3.63, 3.8) is 0 Å². The predicted octanol–water partition coefficient (Wildman–Crippen LogP) is 3.63. The third kappa shape index (κ3) is 4.24. The molecule has 23 heavy (non-hydrogen) atoms. The molecule has 0 saturated carbocycles. The summed E-state index contributed by atoms with van der Waals surface area (Å²) in [5, 5.41) is 0.189. The molecule has 0 fully saturated rings. The van der Waals surface area contributed by atoms with Crippen molar-refractivity contribution >= 4 is 33.3 Å². The SMILES string of the molecule is CCOC(=O)c1ccc(Cl)c(NS(=O)(=O)c2ccc(C)cc2)c1. The number of anilines is 1. The Morgan fingerprint density at radius 1 is 1.17 bits per heavy atom. The van der Waals surface area contributed by atoms with Crippen LogP contribution in [0.25, 0.3) is 0 Å². The quantitative estimate of drug-likeness (QED) is 0.833. The lowest BCUT2D eigenvalue weighted by molar-refractivity contribution is 0.0526. The first kappa shape index (κ1) is 17.3. The van der Waals surface area contributed by atoms with Gasteiger partial charge in [0.2, 0.25) is 0 Å². The molecule has 2 aromatic rings. The Morgan fingerprint density at radius 3 is 2.43 bits per heavy atom. The number of nitrogens with one attached hydrogen (secondary N) is 1. The van der Waals surface area contributed by atoms with E-state index in [0.29, 0.717) is 0 Å². The average molecular weight is 354 g/mol. The van der Waals surface area contributed by atoms with E-state index in [-0.39, 0.29) is 27.8 Å². The smallest absolute Gasteiger partial charge is 0.338 e. The molecule has 0 radical (unpaired) electrons. The molecule has 0 aliphatic rings. The normalized spacial score (nSPS) is 11.1. The highest BCUT2D eigenvalue weighted by molar-refractivity contribution is 7.92. The summed E-state index contributed by atoms with van der Waals surface area (Å²) < 4.78 is 32.1. The maximum Gasteiger partial charge on any atom is 0.338 e. The minimum Gasteiger partial charge on any atom is -0.462 e. The summed E-state index contributed by atoms with van der Waals surface area (Å²) in [4.78, 5) is 11.9. The minimum absolute atomic E-state index is 0.112. The van der Waals surface area contributed by atoms with Crippen molar-refractivity contribution in [3.05, 3.63) is 58.6 Å². The molecular weight excluding hydrogens is 338 g/mol. The topological polar surface area (TPSA) is 72.5 Å². The van der Waals surface area contributed by atoms with Gasteiger partial charge in [0, 0.05) is 0 Å². The van der Waals surface area contributed by atoms with Crippen molar-refractivity contribution in [2.24, 2.45) is 0 Å². The van der Waals surface area contributed by atoms with Gasteiger partial charge in [0.05, 0.1) is 27.8 Å². The fourth-order valence-corrected chi connectivity index (χ4v) is 3.16. The third-order valence-electron chi connectivity index (χ3n) is 3.05. The van der Waals surface area contributed by atoms with Crippen molar-refractivity contribution in [1.82, 2.24) is 0 Å². The first-order valence-corrected chi connectivity index (χ1v) is 8.76. The summed E-state index contributed by atoms with van der Waals surface area (Å²) in [5.41, 5.74) is 1.29. The van der Waals surface area contributed by atoms with Gasteiger partial charge in [-0.1, -0.05) is 29.3 Å². The second kappa shape index (κ2) is 7.02. The van der Waals surface area contributed by atoms with Crippen molar-refractivity contribution in [1.29, 1.82) is 0 Å². The Balaban J connectivity index is 2.33. The fourth-order valence-electron chi connectivity index (χ4n) is 1.87. The second-order valence-electron chi connectivity index (χ2n) is 4.83. The van der Waals surface area contributed by atoms with Gasteiger partial charge >= 0.3 is 5.97 Å². The van der Waals surface area contributed by atoms with Crippen LogP contribution in [0.2, 0.25) is 5.02 Å². The van der Waals surface area contributed by atoms with Crippen molar-refractivity contribution in [2.75, 3.05) is 11.3 Å². The zero-order valence-corrected chi connectivity index (χ0v) is 14.2. The van der Waals surface area contributed by atoms with E-state index in [1.54, 1.807) is 19.1 Å². The molecule has 0 atom stereocenters. The van der Waals surface area contributed by atoms with Gasteiger partial charge in [-0.05, 0) is 44.2 Å². The number of carbonyl (C=O) groups excluding carboxylic acids is 1. The van der Waals surface area contributed by atoms with E-state index >= 15 is 0 Å². The first-order chi connectivity index (χ1) is 10.8. The van der Waals surface area contributed by atoms with Crippen molar-refractivity contribution in [3.8, 4) is 0 Å². The second-order valence-corrected chi connectivity index (χ2v) is 6.92. The summed E-state index contributed by atoms with van der Waals surface area (Å²) in [6.45, 7) is 3.78. The van der Waals surface area contributed by atoms with Gasteiger partial charge in [-0.2, -0.15) is 0 Å². The molecule has 1 N–H and O–H groups in total. The average Bonchev–Trinajstić information content (AvgIpc) is 2.50. The lowest BCUT2D eigenvalue weighted by atomic mass is 10.2. The molecule has 2 rings (SSSR count). The number of halogens is 1. The highest BCUT2D eigenvalue weighted by Gasteiger charge is 2.17. The Labute approximate surface area is 140 Å². The molecular formula is C16H16ClNO4S. The Kier molecular flexibility index (Phi) is 5.28. The molecule has 5 nitrogen and oxygen atoms in total. The number of hydrogen-bond acceptors (Lipinski definition) is 4. The fraction of sp³-hybridized carbons (Fsp3) is 0.188. The highest BCUT2D eigenvalue weighted by atomic mass is 35.5. The number of esters is 1. The number of aryl methyl sites for hydroxylation is 1. The number of benzene rings is 2. The van der Waals surface area contributed by atoms with Crippen LogP contribution in [0.15, 0.2) is 47.4 Å². The Morgan fingerprint density at radius 2 is 1.83 bits per heavy atom. The Bertz CT molecular complexity index is 816. The van der Waals surface area contributed by atoms with Crippen LogP contribution in [0.4, 0.5) is 5.69 Å². The van der Waals surface area contributed by atoms with Crippen LogP contribution in [0.3, 0.4) is 0 Å². The van der Waals surface area contributed by atoms with Gasteiger partial charge in [-0.3, -0.25) is 4.72 Å².